The lowest BCUT2D eigenvalue weighted by Gasteiger charge is -2.05. The second-order valence-corrected chi connectivity index (χ2v) is 3.45. The van der Waals surface area contributed by atoms with Crippen LogP contribution in [0.15, 0.2) is 12.7 Å². The van der Waals surface area contributed by atoms with Gasteiger partial charge in [-0.05, 0) is 12.8 Å². The fraction of sp³-hybridized carbons (Fsp3) is 0.750. The van der Waals surface area contributed by atoms with Gasteiger partial charge in [-0.1, -0.05) is 46.1 Å². The number of carbonyl (C=O) groups is 1. The van der Waals surface area contributed by atoms with E-state index < -0.39 is 5.97 Å². The molecule has 1 unspecified atom stereocenters. The number of carboxylic acid groups (broad SMARTS) is 1. The van der Waals surface area contributed by atoms with Crippen LogP contribution in [0.1, 0.15) is 52.4 Å². The zero-order valence-corrected chi connectivity index (χ0v) is 9.91. The Morgan fingerprint density at radius 2 is 1.87 bits per heavy atom. The summed E-state index contributed by atoms with van der Waals surface area (Å²) in [6.07, 6.45) is 7.77. The average Bonchev–Trinajstić information content (AvgIpc) is 2.24. The molecule has 0 saturated heterocycles. The van der Waals surface area contributed by atoms with Crippen LogP contribution in [0.4, 0.5) is 0 Å². The van der Waals surface area contributed by atoms with Gasteiger partial charge in [-0.25, -0.2) is 4.79 Å². The molecular weight excluding hydrogens is 192 g/mol. The highest BCUT2D eigenvalue weighted by atomic mass is 16.4. The molecule has 90 valence electrons. The van der Waals surface area contributed by atoms with Crippen molar-refractivity contribution in [3.8, 4) is 0 Å². The number of hydrogen-bond acceptors (Lipinski definition) is 2. The molecule has 2 N–H and O–H groups in total. The van der Waals surface area contributed by atoms with Gasteiger partial charge in [-0.15, -0.1) is 0 Å². The van der Waals surface area contributed by atoms with Crippen molar-refractivity contribution in [1.82, 2.24) is 0 Å². The van der Waals surface area contributed by atoms with Gasteiger partial charge >= 0.3 is 5.97 Å². The molecular formula is C12H24O3. The highest BCUT2D eigenvalue weighted by molar-refractivity contribution is 5.78. The van der Waals surface area contributed by atoms with Crippen molar-refractivity contribution in [3.05, 3.63) is 12.7 Å². The summed E-state index contributed by atoms with van der Waals surface area (Å²) in [6, 6.07) is 0. The molecule has 1 atom stereocenters. The lowest BCUT2D eigenvalue weighted by molar-refractivity contribution is -0.131. The average molecular weight is 216 g/mol. The van der Waals surface area contributed by atoms with E-state index in [0.29, 0.717) is 0 Å². The van der Waals surface area contributed by atoms with Crippen molar-refractivity contribution in [1.29, 1.82) is 0 Å². The molecule has 0 aliphatic carbocycles. The van der Waals surface area contributed by atoms with E-state index in [0.717, 1.165) is 18.9 Å². The van der Waals surface area contributed by atoms with Crippen molar-refractivity contribution in [2.24, 2.45) is 0 Å². The first-order valence-corrected chi connectivity index (χ1v) is 5.61. The maximum absolute atomic E-state index is 9.25. The first-order chi connectivity index (χ1) is 7.08. The van der Waals surface area contributed by atoms with Crippen molar-refractivity contribution in [2.45, 2.75) is 58.5 Å². The molecule has 0 aromatic rings. The van der Waals surface area contributed by atoms with Gasteiger partial charge in [0.2, 0.25) is 0 Å². The minimum absolute atomic E-state index is 0.0446. The molecule has 15 heavy (non-hydrogen) atoms. The van der Waals surface area contributed by atoms with Crippen molar-refractivity contribution in [2.75, 3.05) is 0 Å². The summed E-state index contributed by atoms with van der Waals surface area (Å²) in [5.74, 6) is -0.981. The van der Waals surface area contributed by atoms with E-state index in [1.165, 1.54) is 25.7 Å². The zero-order chi connectivity index (χ0) is 12.1. The van der Waals surface area contributed by atoms with Crippen LogP contribution >= 0.6 is 0 Å². The molecule has 0 aliphatic heterocycles. The van der Waals surface area contributed by atoms with E-state index in [2.05, 4.69) is 13.5 Å². The summed E-state index contributed by atoms with van der Waals surface area (Å²) in [7, 11) is 0. The van der Waals surface area contributed by atoms with Crippen LogP contribution in [0.5, 0.6) is 0 Å². The Hall–Kier alpha value is -0.830. The first-order valence-electron chi connectivity index (χ1n) is 5.61. The summed E-state index contributed by atoms with van der Waals surface area (Å²) in [6.45, 7) is 7.20. The minimum atomic E-state index is -0.981. The van der Waals surface area contributed by atoms with Gasteiger partial charge < -0.3 is 10.2 Å². The molecule has 0 rings (SSSR count). The van der Waals surface area contributed by atoms with Crippen molar-refractivity contribution in [3.63, 3.8) is 0 Å². The zero-order valence-electron chi connectivity index (χ0n) is 9.91. The number of unbranched alkanes of at least 4 members (excludes halogenated alkanes) is 3. The van der Waals surface area contributed by atoms with Crippen molar-refractivity contribution >= 4 is 5.97 Å². The van der Waals surface area contributed by atoms with Crippen LogP contribution in [0, 0.1) is 0 Å². The fourth-order valence-electron chi connectivity index (χ4n) is 1.01. The molecule has 0 bridgehead atoms. The molecule has 0 amide bonds. The van der Waals surface area contributed by atoms with Crippen LogP contribution < -0.4 is 0 Å². The number of aliphatic hydroxyl groups excluding tert-OH is 1. The summed E-state index contributed by atoms with van der Waals surface area (Å²) in [5.41, 5.74) is 0. The monoisotopic (exact) mass is 216 g/mol. The third-order valence-electron chi connectivity index (χ3n) is 2.04. The first kappa shape index (κ1) is 16.6. The SMILES string of the molecule is C=CC(=O)O.CCCCCCC(O)CC. The lowest BCUT2D eigenvalue weighted by Crippen LogP contribution is -2.03. The van der Waals surface area contributed by atoms with E-state index in [9.17, 15) is 4.79 Å². The summed E-state index contributed by atoms with van der Waals surface area (Å²) in [4.78, 5) is 9.25. The normalized spacial score (nSPS) is 11.1. The Morgan fingerprint density at radius 1 is 1.33 bits per heavy atom. The maximum atomic E-state index is 9.25. The van der Waals surface area contributed by atoms with E-state index in [1.54, 1.807) is 0 Å². The number of carboxylic acids is 1. The van der Waals surface area contributed by atoms with Gasteiger partial charge in [-0.3, -0.25) is 0 Å². The minimum Gasteiger partial charge on any atom is -0.478 e. The highest BCUT2D eigenvalue weighted by Gasteiger charge is 1.98. The standard InChI is InChI=1S/C9H20O.C3H4O2/c1-3-5-6-7-8-9(10)4-2;1-2-3(4)5/h9-10H,3-8H2,1-2H3;2H,1H2,(H,4,5). The Labute approximate surface area is 92.8 Å². The molecule has 0 heterocycles. The van der Waals surface area contributed by atoms with E-state index >= 15 is 0 Å². The van der Waals surface area contributed by atoms with Crippen LogP contribution in [-0.2, 0) is 4.79 Å². The predicted octanol–water partition coefficient (Wildman–Crippen LogP) is 2.98. The number of aliphatic carboxylic acids is 1. The number of hydrogen-bond donors (Lipinski definition) is 2. The van der Waals surface area contributed by atoms with Crippen molar-refractivity contribution < 1.29 is 15.0 Å². The van der Waals surface area contributed by atoms with Crippen LogP contribution in [-0.4, -0.2) is 22.3 Å². The summed E-state index contributed by atoms with van der Waals surface area (Å²) >= 11 is 0. The van der Waals surface area contributed by atoms with Gasteiger partial charge in [0.1, 0.15) is 0 Å². The smallest absolute Gasteiger partial charge is 0.327 e. The van der Waals surface area contributed by atoms with Gasteiger partial charge in [0, 0.05) is 6.08 Å². The number of aliphatic hydroxyl groups is 1. The lowest BCUT2D eigenvalue weighted by atomic mass is 10.1. The Bertz CT molecular complexity index is 155. The molecule has 0 aromatic heterocycles. The quantitative estimate of drug-likeness (QED) is 0.508. The van der Waals surface area contributed by atoms with Crippen LogP contribution in [0.3, 0.4) is 0 Å². The fourth-order valence-corrected chi connectivity index (χ4v) is 1.01. The molecule has 0 radical (unpaired) electrons. The Morgan fingerprint density at radius 3 is 2.20 bits per heavy atom. The number of rotatable bonds is 7. The molecule has 0 spiro atoms. The highest BCUT2D eigenvalue weighted by Crippen LogP contribution is 2.06. The van der Waals surface area contributed by atoms with Gasteiger partial charge in [-0.2, -0.15) is 0 Å². The van der Waals surface area contributed by atoms with Gasteiger partial charge in [0.25, 0.3) is 0 Å². The molecule has 3 nitrogen and oxygen atoms in total. The molecule has 0 aliphatic rings. The van der Waals surface area contributed by atoms with E-state index in [1.807, 2.05) is 6.92 Å². The molecule has 0 saturated carbocycles. The van der Waals surface area contributed by atoms with E-state index in [-0.39, 0.29) is 6.10 Å². The largest absolute Gasteiger partial charge is 0.478 e. The predicted molar refractivity (Wildman–Crippen MR) is 62.9 cm³/mol. The topological polar surface area (TPSA) is 57.5 Å². The van der Waals surface area contributed by atoms with Crippen LogP contribution in [0.25, 0.3) is 0 Å². The van der Waals surface area contributed by atoms with Gasteiger partial charge in [0.05, 0.1) is 6.10 Å². The maximum Gasteiger partial charge on any atom is 0.327 e. The van der Waals surface area contributed by atoms with Gasteiger partial charge in [0.15, 0.2) is 0 Å². The van der Waals surface area contributed by atoms with E-state index in [4.69, 9.17) is 10.2 Å². The second-order valence-electron chi connectivity index (χ2n) is 3.45. The summed E-state index contributed by atoms with van der Waals surface area (Å²) < 4.78 is 0. The van der Waals surface area contributed by atoms with Crippen LogP contribution in [0.2, 0.25) is 0 Å². The second kappa shape index (κ2) is 13.2. The molecule has 0 aromatic carbocycles. The Balaban J connectivity index is 0. The molecule has 0 fully saturated rings. The summed E-state index contributed by atoms with van der Waals surface area (Å²) in [5, 5.41) is 16.8. The molecule has 3 heteroatoms. The third-order valence-corrected chi connectivity index (χ3v) is 2.04. The third kappa shape index (κ3) is 19.5. The Kier molecular flexibility index (Phi) is 14.6.